The number of unbranched alkanes of at least 4 members (excludes halogenated alkanes) is 13. The van der Waals surface area contributed by atoms with E-state index in [1.807, 2.05) is 0 Å². The molecule has 0 aromatic rings. The van der Waals surface area contributed by atoms with Crippen molar-refractivity contribution in [2.75, 3.05) is 26.9 Å². The summed E-state index contributed by atoms with van der Waals surface area (Å²) in [5, 5.41) is 0. The maximum atomic E-state index is 11.2. The molecule has 1 fully saturated rings. The molecule has 3 atom stereocenters. The number of alkyl halides is 1. The van der Waals surface area contributed by atoms with Gasteiger partial charge in [-0.05, 0) is 19.3 Å². The fraction of sp³-hybridized carbons (Fsp3) is 0.962. The first-order valence-electron chi connectivity index (χ1n) is 13.1. The van der Waals surface area contributed by atoms with E-state index >= 15 is 0 Å². The number of esters is 1. The molecule has 0 saturated carbocycles. The van der Waals surface area contributed by atoms with Crippen LogP contribution in [-0.2, 0) is 19.0 Å². The highest BCUT2D eigenvalue weighted by atomic mass is 79.9. The summed E-state index contributed by atoms with van der Waals surface area (Å²) >= 11 is 3.77. The lowest BCUT2D eigenvalue weighted by Crippen LogP contribution is -2.47. The second-order valence-electron chi connectivity index (χ2n) is 9.19. The number of hydrogen-bond donors (Lipinski definition) is 0. The SMILES string of the molecule is CCCCCCCCCCCCCCCCOCC1OCC1C(Br)CCCC(=O)OC. The van der Waals surface area contributed by atoms with Gasteiger partial charge >= 0.3 is 5.97 Å². The zero-order chi connectivity index (χ0) is 22.6. The molecule has 0 bridgehead atoms. The van der Waals surface area contributed by atoms with Gasteiger partial charge in [-0.3, -0.25) is 4.79 Å². The van der Waals surface area contributed by atoms with Crippen LogP contribution in [-0.4, -0.2) is 43.8 Å². The number of ether oxygens (including phenoxy) is 3. The van der Waals surface area contributed by atoms with Gasteiger partial charge in [0.1, 0.15) is 0 Å². The number of rotatable bonds is 22. The highest BCUT2D eigenvalue weighted by Gasteiger charge is 2.37. The molecular formula is C26H49BrO4. The largest absolute Gasteiger partial charge is 0.469 e. The topological polar surface area (TPSA) is 44.8 Å². The Labute approximate surface area is 200 Å². The fourth-order valence-corrected chi connectivity index (χ4v) is 5.02. The molecule has 31 heavy (non-hydrogen) atoms. The summed E-state index contributed by atoms with van der Waals surface area (Å²) in [5.74, 6) is 0.367. The van der Waals surface area contributed by atoms with Crippen LogP contribution in [0.2, 0.25) is 0 Å². The normalized spacial score (nSPS) is 19.2. The Kier molecular flexibility index (Phi) is 19.1. The Morgan fingerprint density at radius 1 is 0.903 bits per heavy atom. The predicted octanol–water partition coefficient (Wildman–Crippen LogP) is 7.61. The summed E-state index contributed by atoms with van der Waals surface area (Å²) in [6, 6.07) is 0. The number of carbonyl (C=O) groups is 1. The maximum absolute atomic E-state index is 11.2. The van der Waals surface area contributed by atoms with E-state index in [4.69, 9.17) is 14.2 Å². The molecule has 1 aliphatic rings. The van der Waals surface area contributed by atoms with Gasteiger partial charge in [-0.15, -0.1) is 0 Å². The molecule has 0 N–H and O–H groups in total. The second-order valence-corrected chi connectivity index (χ2v) is 10.4. The molecule has 0 aromatic carbocycles. The minimum Gasteiger partial charge on any atom is -0.469 e. The number of carbonyl (C=O) groups excluding carboxylic acids is 1. The van der Waals surface area contributed by atoms with Crippen LogP contribution in [0.5, 0.6) is 0 Å². The molecule has 184 valence electrons. The van der Waals surface area contributed by atoms with Crippen molar-refractivity contribution in [2.24, 2.45) is 5.92 Å². The van der Waals surface area contributed by atoms with E-state index in [1.165, 1.54) is 90.6 Å². The molecule has 3 unspecified atom stereocenters. The third kappa shape index (κ3) is 15.4. The van der Waals surface area contributed by atoms with Crippen LogP contribution in [0.3, 0.4) is 0 Å². The van der Waals surface area contributed by atoms with Crippen LogP contribution in [0.15, 0.2) is 0 Å². The van der Waals surface area contributed by atoms with Crippen LogP contribution in [0.25, 0.3) is 0 Å². The molecule has 4 nitrogen and oxygen atoms in total. The van der Waals surface area contributed by atoms with E-state index in [-0.39, 0.29) is 12.1 Å². The summed E-state index contributed by atoms with van der Waals surface area (Å²) < 4.78 is 16.3. The van der Waals surface area contributed by atoms with E-state index in [0.717, 1.165) is 32.5 Å². The van der Waals surface area contributed by atoms with Crippen LogP contribution in [0, 0.1) is 5.92 Å². The Bertz CT molecular complexity index is 418. The molecule has 0 spiro atoms. The van der Waals surface area contributed by atoms with Crippen LogP contribution < -0.4 is 0 Å². The van der Waals surface area contributed by atoms with Gasteiger partial charge in [0.25, 0.3) is 0 Å². The molecule has 1 rings (SSSR count). The monoisotopic (exact) mass is 504 g/mol. The van der Waals surface area contributed by atoms with Crippen molar-refractivity contribution in [3.05, 3.63) is 0 Å². The van der Waals surface area contributed by atoms with E-state index in [9.17, 15) is 4.79 Å². The average molecular weight is 506 g/mol. The third-order valence-electron chi connectivity index (χ3n) is 6.46. The van der Waals surface area contributed by atoms with Gasteiger partial charge in [-0.1, -0.05) is 106 Å². The van der Waals surface area contributed by atoms with E-state index in [2.05, 4.69) is 22.9 Å². The first-order valence-corrected chi connectivity index (χ1v) is 14.0. The smallest absolute Gasteiger partial charge is 0.305 e. The van der Waals surface area contributed by atoms with Crippen molar-refractivity contribution < 1.29 is 19.0 Å². The lowest BCUT2D eigenvalue weighted by atomic mass is 9.92. The minimum absolute atomic E-state index is 0.127. The van der Waals surface area contributed by atoms with Crippen molar-refractivity contribution >= 4 is 21.9 Å². The van der Waals surface area contributed by atoms with Crippen molar-refractivity contribution in [3.8, 4) is 0 Å². The lowest BCUT2D eigenvalue weighted by Gasteiger charge is -2.39. The molecule has 0 amide bonds. The zero-order valence-electron chi connectivity index (χ0n) is 20.4. The number of halogens is 1. The molecule has 5 heteroatoms. The van der Waals surface area contributed by atoms with Gasteiger partial charge < -0.3 is 14.2 Å². The van der Waals surface area contributed by atoms with Crippen molar-refractivity contribution in [3.63, 3.8) is 0 Å². The van der Waals surface area contributed by atoms with Gasteiger partial charge in [0, 0.05) is 23.8 Å². The van der Waals surface area contributed by atoms with Gasteiger partial charge in [0.2, 0.25) is 0 Å². The summed E-state index contributed by atoms with van der Waals surface area (Å²) in [6.07, 6.45) is 21.9. The Balaban J connectivity index is 1.82. The summed E-state index contributed by atoms with van der Waals surface area (Å²) in [7, 11) is 1.44. The molecule has 0 aliphatic carbocycles. The van der Waals surface area contributed by atoms with Gasteiger partial charge in [-0.2, -0.15) is 0 Å². The Morgan fingerprint density at radius 2 is 1.45 bits per heavy atom. The fourth-order valence-electron chi connectivity index (χ4n) is 4.21. The summed E-state index contributed by atoms with van der Waals surface area (Å²) in [4.78, 5) is 11.6. The maximum Gasteiger partial charge on any atom is 0.305 e. The Hall–Kier alpha value is -0.130. The van der Waals surface area contributed by atoms with Crippen molar-refractivity contribution in [1.29, 1.82) is 0 Å². The van der Waals surface area contributed by atoms with E-state index in [0.29, 0.717) is 23.8 Å². The zero-order valence-corrected chi connectivity index (χ0v) is 22.0. The molecule has 0 aromatic heterocycles. The molecule has 1 saturated heterocycles. The number of hydrogen-bond acceptors (Lipinski definition) is 4. The third-order valence-corrected chi connectivity index (χ3v) is 7.59. The second kappa shape index (κ2) is 20.5. The van der Waals surface area contributed by atoms with Crippen LogP contribution in [0.4, 0.5) is 0 Å². The Morgan fingerprint density at radius 3 is 1.94 bits per heavy atom. The van der Waals surface area contributed by atoms with Gasteiger partial charge in [0.05, 0.1) is 26.4 Å². The quantitative estimate of drug-likeness (QED) is 0.0863. The molecule has 1 aliphatic heterocycles. The molecule has 1 heterocycles. The van der Waals surface area contributed by atoms with Gasteiger partial charge in [0.15, 0.2) is 0 Å². The highest BCUT2D eigenvalue weighted by molar-refractivity contribution is 9.09. The predicted molar refractivity (Wildman–Crippen MR) is 133 cm³/mol. The average Bonchev–Trinajstić information content (AvgIpc) is 2.74. The first-order chi connectivity index (χ1) is 15.2. The number of methoxy groups -OCH3 is 1. The van der Waals surface area contributed by atoms with E-state index in [1.54, 1.807) is 0 Å². The van der Waals surface area contributed by atoms with E-state index < -0.39 is 0 Å². The summed E-state index contributed by atoms with van der Waals surface area (Å²) in [6.45, 7) is 4.62. The molecular weight excluding hydrogens is 456 g/mol. The highest BCUT2D eigenvalue weighted by Crippen LogP contribution is 2.31. The minimum atomic E-state index is -0.127. The van der Waals surface area contributed by atoms with Crippen LogP contribution in [0.1, 0.15) is 116 Å². The van der Waals surface area contributed by atoms with Crippen molar-refractivity contribution in [1.82, 2.24) is 0 Å². The van der Waals surface area contributed by atoms with Crippen LogP contribution >= 0.6 is 15.9 Å². The standard InChI is InChI=1S/C26H49BrO4/c1-3-4-5-6-7-8-9-10-11-12-13-14-15-16-20-30-22-25-23(21-31-25)24(27)18-17-19-26(28)29-2/h23-25H,3-22H2,1-2H3. The summed E-state index contributed by atoms with van der Waals surface area (Å²) in [5.41, 5.74) is 0. The van der Waals surface area contributed by atoms with Crippen molar-refractivity contribution in [2.45, 2.75) is 127 Å². The molecule has 0 radical (unpaired) electrons. The van der Waals surface area contributed by atoms with Gasteiger partial charge in [-0.25, -0.2) is 0 Å². The lowest BCUT2D eigenvalue weighted by molar-refractivity contribution is -0.146. The first kappa shape index (κ1) is 28.9.